The number of nitrogens with one attached hydrogen (secondary N) is 3. The first kappa shape index (κ1) is 25.2. The third-order valence-electron chi connectivity index (χ3n) is 6.47. The predicted octanol–water partition coefficient (Wildman–Crippen LogP) is 4.91. The van der Waals surface area contributed by atoms with Gasteiger partial charge in [0.1, 0.15) is 17.4 Å². The van der Waals surface area contributed by atoms with Crippen molar-refractivity contribution in [1.29, 1.82) is 0 Å². The van der Waals surface area contributed by atoms with Crippen LogP contribution in [0.3, 0.4) is 0 Å². The maximum atomic E-state index is 13.1. The van der Waals surface area contributed by atoms with Crippen LogP contribution in [0, 0.1) is 0 Å². The van der Waals surface area contributed by atoms with E-state index in [1.807, 2.05) is 30.3 Å². The number of fused-ring (bicyclic) bond motifs is 1. The number of Topliss-reactive ketones (excluding diaryl/α,β-unsaturated/α-hetero) is 1. The van der Waals surface area contributed by atoms with Gasteiger partial charge in [0.15, 0.2) is 0 Å². The number of hydrogen-bond acceptors (Lipinski definition) is 5. The number of nitrogens with zero attached hydrogens (tertiary/aromatic N) is 1. The minimum absolute atomic E-state index is 0.0269. The van der Waals surface area contributed by atoms with Crippen LogP contribution in [0.5, 0.6) is 5.75 Å². The van der Waals surface area contributed by atoms with Gasteiger partial charge in [-0.15, -0.1) is 0 Å². The number of carbonyl (C=O) groups is 3. The Morgan fingerprint density at radius 1 is 1.11 bits per heavy atom. The summed E-state index contributed by atoms with van der Waals surface area (Å²) in [5, 5.41) is 5.94. The van der Waals surface area contributed by atoms with Gasteiger partial charge in [0, 0.05) is 18.5 Å². The molecule has 1 aliphatic rings. The molecule has 0 spiro atoms. The van der Waals surface area contributed by atoms with E-state index in [1.54, 1.807) is 38.4 Å². The molecule has 3 N–H and O–H groups in total. The standard InChI is InChI=1S/C28H32N4O4/c1-18(33)9-5-3-8-12-24(27-29-17-25(31-27)19-10-6-4-7-11-19)30-26(34)16-22-21-15-20(36-2)13-14-23(21)32-28(22)35/h4,6-7,10-11,13-15,17,22,24H,3,5,8-9,12,16H2,1-2H3,(H,29,31)(H,30,34)(H,32,35)/t22?,24-/m0/s1. The highest BCUT2D eigenvalue weighted by molar-refractivity contribution is 6.05. The van der Waals surface area contributed by atoms with Crippen LogP contribution in [-0.2, 0) is 14.4 Å². The van der Waals surface area contributed by atoms with Crippen molar-refractivity contribution in [2.75, 3.05) is 12.4 Å². The lowest BCUT2D eigenvalue weighted by atomic mass is 9.96. The zero-order valence-electron chi connectivity index (χ0n) is 20.7. The highest BCUT2D eigenvalue weighted by Crippen LogP contribution is 2.37. The summed E-state index contributed by atoms with van der Waals surface area (Å²) < 4.78 is 5.29. The number of methoxy groups -OCH3 is 1. The van der Waals surface area contributed by atoms with Gasteiger partial charge in [-0.3, -0.25) is 9.59 Å². The van der Waals surface area contributed by atoms with Crippen LogP contribution in [0.15, 0.2) is 54.7 Å². The Balaban J connectivity index is 1.46. The molecule has 2 heterocycles. The average Bonchev–Trinajstić information content (AvgIpc) is 3.48. The van der Waals surface area contributed by atoms with E-state index in [0.29, 0.717) is 30.1 Å². The number of H-pyrrole nitrogens is 1. The topological polar surface area (TPSA) is 113 Å². The number of aromatic nitrogens is 2. The number of anilines is 1. The molecule has 188 valence electrons. The molecule has 4 rings (SSSR count). The fourth-order valence-corrected chi connectivity index (χ4v) is 4.53. The fourth-order valence-electron chi connectivity index (χ4n) is 4.53. The first-order chi connectivity index (χ1) is 17.4. The van der Waals surface area contributed by atoms with E-state index < -0.39 is 5.92 Å². The molecule has 0 fully saturated rings. The van der Waals surface area contributed by atoms with Crippen molar-refractivity contribution in [3.63, 3.8) is 0 Å². The molecule has 0 saturated carbocycles. The highest BCUT2D eigenvalue weighted by atomic mass is 16.5. The van der Waals surface area contributed by atoms with E-state index in [-0.39, 0.29) is 30.1 Å². The van der Waals surface area contributed by atoms with Gasteiger partial charge < -0.3 is 25.1 Å². The molecule has 2 atom stereocenters. The lowest BCUT2D eigenvalue weighted by Crippen LogP contribution is -2.31. The smallest absolute Gasteiger partial charge is 0.232 e. The van der Waals surface area contributed by atoms with Crippen molar-refractivity contribution in [3.8, 4) is 17.0 Å². The Bertz CT molecular complexity index is 1220. The van der Waals surface area contributed by atoms with E-state index in [0.717, 1.165) is 36.1 Å². The molecule has 1 unspecified atom stereocenters. The minimum Gasteiger partial charge on any atom is -0.497 e. The van der Waals surface area contributed by atoms with Crippen LogP contribution < -0.4 is 15.4 Å². The maximum absolute atomic E-state index is 13.1. The summed E-state index contributed by atoms with van der Waals surface area (Å²) in [6, 6.07) is 14.9. The van der Waals surface area contributed by atoms with Gasteiger partial charge in [-0.1, -0.05) is 43.2 Å². The normalized spacial score (nSPS) is 15.2. The van der Waals surface area contributed by atoms with E-state index in [1.165, 1.54) is 0 Å². The van der Waals surface area contributed by atoms with Crippen LogP contribution in [-0.4, -0.2) is 34.7 Å². The van der Waals surface area contributed by atoms with Crippen LogP contribution in [0.25, 0.3) is 11.3 Å². The Kier molecular flexibility index (Phi) is 8.15. The molecule has 0 bridgehead atoms. The summed E-state index contributed by atoms with van der Waals surface area (Å²) >= 11 is 0. The van der Waals surface area contributed by atoms with Crippen molar-refractivity contribution in [3.05, 3.63) is 66.1 Å². The number of aromatic amines is 1. The van der Waals surface area contributed by atoms with Gasteiger partial charge in [-0.25, -0.2) is 4.98 Å². The Labute approximate surface area is 210 Å². The third kappa shape index (κ3) is 6.19. The second-order valence-corrected chi connectivity index (χ2v) is 9.17. The number of ketones is 1. The summed E-state index contributed by atoms with van der Waals surface area (Å²) in [7, 11) is 1.57. The first-order valence-corrected chi connectivity index (χ1v) is 12.3. The van der Waals surface area contributed by atoms with Gasteiger partial charge in [0.2, 0.25) is 11.8 Å². The molecule has 0 saturated heterocycles. The van der Waals surface area contributed by atoms with Crippen LogP contribution >= 0.6 is 0 Å². The second-order valence-electron chi connectivity index (χ2n) is 9.17. The average molecular weight is 489 g/mol. The molecular weight excluding hydrogens is 456 g/mol. The number of rotatable bonds is 12. The highest BCUT2D eigenvalue weighted by Gasteiger charge is 2.33. The molecule has 36 heavy (non-hydrogen) atoms. The Morgan fingerprint density at radius 3 is 2.67 bits per heavy atom. The summed E-state index contributed by atoms with van der Waals surface area (Å²) in [5.74, 6) is 0.499. The summed E-state index contributed by atoms with van der Waals surface area (Å²) in [4.78, 5) is 44.9. The SMILES string of the molecule is COc1ccc2c(c1)C(CC(=O)N[C@@H](CCCCCC(C)=O)c1ncc(-c3ccccc3)[nH]1)C(=O)N2. The van der Waals surface area contributed by atoms with Crippen LogP contribution in [0.4, 0.5) is 5.69 Å². The van der Waals surface area contributed by atoms with Gasteiger partial charge >= 0.3 is 0 Å². The molecule has 8 heteroatoms. The first-order valence-electron chi connectivity index (χ1n) is 12.3. The Morgan fingerprint density at radius 2 is 1.92 bits per heavy atom. The predicted molar refractivity (Wildman–Crippen MR) is 138 cm³/mol. The van der Waals surface area contributed by atoms with Gasteiger partial charge in [0.25, 0.3) is 0 Å². The molecule has 2 aromatic carbocycles. The van der Waals surface area contributed by atoms with E-state index >= 15 is 0 Å². The molecule has 2 amide bonds. The van der Waals surface area contributed by atoms with E-state index in [2.05, 4.69) is 20.6 Å². The van der Waals surface area contributed by atoms with Gasteiger partial charge in [0.05, 0.1) is 31.0 Å². The zero-order chi connectivity index (χ0) is 25.5. The lowest BCUT2D eigenvalue weighted by molar-refractivity contribution is -0.125. The van der Waals surface area contributed by atoms with Gasteiger partial charge in [-0.2, -0.15) is 0 Å². The molecule has 8 nitrogen and oxygen atoms in total. The van der Waals surface area contributed by atoms with Crippen molar-refractivity contribution < 1.29 is 19.1 Å². The van der Waals surface area contributed by atoms with Crippen molar-refractivity contribution in [2.45, 2.75) is 57.4 Å². The molecule has 1 aromatic heterocycles. The van der Waals surface area contributed by atoms with E-state index in [4.69, 9.17) is 4.74 Å². The monoisotopic (exact) mass is 488 g/mol. The number of amides is 2. The number of imidazole rings is 1. The van der Waals surface area contributed by atoms with Crippen molar-refractivity contribution >= 4 is 23.3 Å². The summed E-state index contributed by atoms with van der Waals surface area (Å²) in [6.45, 7) is 1.60. The molecule has 0 radical (unpaired) electrons. The minimum atomic E-state index is -0.581. The van der Waals surface area contributed by atoms with Crippen molar-refractivity contribution in [1.82, 2.24) is 15.3 Å². The number of ether oxygens (including phenoxy) is 1. The van der Waals surface area contributed by atoms with Gasteiger partial charge in [-0.05, 0) is 49.1 Å². The summed E-state index contributed by atoms with van der Waals surface area (Å²) in [5.41, 5.74) is 3.35. The second kappa shape index (κ2) is 11.7. The molecule has 0 aliphatic carbocycles. The maximum Gasteiger partial charge on any atom is 0.232 e. The fraction of sp³-hybridized carbons (Fsp3) is 0.357. The summed E-state index contributed by atoms with van der Waals surface area (Å²) in [6.07, 6.45) is 5.58. The van der Waals surface area contributed by atoms with Crippen LogP contribution in [0.2, 0.25) is 0 Å². The lowest BCUT2D eigenvalue weighted by Gasteiger charge is -2.18. The Hall–Kier alpha value is -3.94. The quantitative estimate of drug-likeness (QED) is 0.314. The van der Waals surface area contributed by atoms with Crippen molar-refractivity contribution in [2.24, 2.45) is 0 Å². The largest absolute Gasteiger partial charge is 0.497 e. The number of hydrogen-bond donors (Lipinski definition) is 3. The van der Waals surface area contributed by atoms with Crippen LogP contribution in [0.1, 0.15) is 68.8 Å². The zero-order valence-corrected chi connectivity index (χ0v) is 20.7. The molecular formula is C28H32N4O4. The molecule has 1 aliphatic heterocycles. The number of unbranched alkanes of at least 4 members (excludes halogenated alkanes) is 2. The number of carbonyl (C=O) groups excluding carboxylic acids is 3. The molecule has 3 aromatic rings. The van der Waals surface area contributed by atoms with E-state index in [9.17, 15) is 14.4 Å². The number of benzene rings is 2. The third-order valence-corrected chi connectivity index (χ3v) is 6.47.